The minimum Gasteiger partial charge on any atom is -0.497 e. The van der Waals surface area contributed by atoms with E-state index >= 15 is 0 Å². The molecule has 31 heavy (non-hydrogen) atoms. The van der Waals surface area contributed by atoms with E-state index in [0.717, 1.165) is 0 Å². The van der Waals surface area contributed by atoms with E-state index in [2.05, 4.69) is 16.0 Å². The lowest BCUT2D eigenvalue weighted by atomic mass is 10.1. The molecule has 0 spiro atoms. The molecule has 2 rings (SSSR count). The van der Waals surface area contributed by atoms with Crippen molar-refractivity contribution in [2.75, 3.05) is 19.0 Å². The molecule has 0 saturated carbocycles. The zero-order valence-electron chi connectivity index (χ0n) is 16.6. The topological polar surface area (TPSA) is 88.7 Å². The van der Waals surface area contributed by atoms with Crippen LogP contribution in [-0.4, -0.2) is 40.5 Å². The number of ketones is 1. The van der Waals surface area contributed by atoms with E-state index in [9.17, 15) is 9.59 Å². The molecule has 0 unspecified atom stereocenters. The van der Waals surface area contributed by atoms with E-state index in [-0.39, 0.29) is 17.5 Å². The standard InChI is InChI=1S/C20H20Cl3N3O4S/c1-12(27)13-3-5-14(6-4-13)24-19(31)26-18(20(21,22)23)25-17(28)11-30-16-9-7-15(29-2)8-10-16/h3-10,18H,11H2,1-2H3,(H,25,28)(H2,24,26,31)/t18-/m1/s1. The van der Waals surface area contributed by atoms with Gasteiger partial charge in [-0.3, -0.25) is 9.59 Å². The summed E-state index contributed by atoms with van der Waals surface area (Å²) in [4.78, 5) is 23.6. The smallest absolute Gasteiger partial charge is 0.259 e. The summed E-state index contributed by atoms with van der Waals surface area (Å²) < 4.78 is 8.57. The number of benzene rings is 2. The lowest BCUT2D eigenvalue weighted by molar-refractivity contribution is -0.123. The first-order valence-electron chi connectivity index (χ1n) is 8.90. The molecule has 166 valence electrons. The fraction of sp³-hybridized carbons (Fsp3) is 0.250. The van der Waals surface area contributed by atoms with Crippen molar-refractivity contribution in [1.82, 2.24) is 10.6 Å². The summed E-state index contributed by atoms with van der Waals surface area (Å²) >= 11 is 23.1. The first-order chi connectivity index (χ1) is 14.6. The third-order valence-electron chi connectivity index (χ3n) is 3.89. The molecule has 2 aromatic rings. The van der Waals surface area contributed by atoms with Gasteiger partial charge >= 0.3 is 0 Å². The lowest BCUT2D eigenvalue weighted by Gasteiger charge is -2.27. The molecule has 0 fully saturated rings. The number of carbonyl (C=O) groups excluding carboxylic acids is 2. The fourth-order valence-electron chi connectivity index (χ4n) is 2.31. The number of alkyl halides is 3. The van der Waals surface area contributed by atoms with Gasteiger partial charge in [0.05, 0.1) is 7.11 Å². The van der Waals surface area contributed by atoms with E-state index in [1.807, 2.05) is 0 Å². The Morgan fingerprint density at radius 2 is 1.58 bits per heavy atom. The number of carbonyl (C=O) groups is 2. The van der Waals surface area contributed by atoms with Crippen LogP contribution in [0.4, 0.5) is 5.69 Å². The number of ether oxygens (including phenoxy) is 2. The van der Waals surface area contributed by atoms with E-state index in [1.165, 1.54) is 6.92 Å². The normalized spacial score (nSPS) is 11.8. The molecular formula is C20H20Cl3N3O4S. The van der Waals surface area contributed by atoms with Crippen molar-refractivity contribution in [3.8, 4) is 11.5 Å². The minimum atomic E-state index is -1.90. The van der Waals surface area contributed by atoms with E-state index in [1.54, 1.807) is 55.6 Å². The van der Waals surface area contributed by atoms with Crippen LogP contribution < -0.4 is 25.4 Å². The number of Topliss-reactive ketones (excluding diaryl/α,β-unsaturated/α-hetero) is 1. The van der Waals surface area contributed by atoms with E-state index < -0.39 is 15.9 Å². The van der Waals surface area contributed by atoms with Gasteiger partial charge < -0.3 is 25.4 Å². The summed E-state index contributed by atoms with van der Waals surface area (Å²) in [6.07, 6.45) is -1.14. The second-order valence-electron chi connectivity index (χ2n) is 6.24. The summed E-state index contributed by atoms with van der Waals surface area (Å²) in [6, 6.07) is 13.4. The van der Waals surface area contributed by atoms with Gasteiger partial charge in [0.2, 0.25) is 3.79 Å². The molecular weight excluding hydrogens is 485 g/mol. The van der Waals surface area contributed by atoms with E-state index in [4.69, 9.17) is 56.5 Å². The van der Waals surface area contributed by atoms with Gasteiger partial charge in [0, 0.05) is 11.3 Å². The third kappa shape index (κ3) is 8.41. The Bertz CT molecular complexity index is 919. The van der Waals surface area contributed by atoms with Crippen LogP contribution in [-0.2, 0) is 4.79 Å². The van der Waals surface area contributed by atoms with Gasteiger partial charge in [0.15, 0.2) is 17.5 Å². The van der Waals surface area contributed by atoms with Gasteiger partial charge in [-0.2, -0.15) is 0 Å². The van der Waals surface area contributed by atoms with Gasteiger partial charge in [-0.25, -0.2) is 0 Å². The first kappa shape index (κ1) is 25.0. The number of amides is 1. The molecule has 0 saturated heterocycles. The van der Waals surface area contributed by atoms with E-state index in [0.29, 0.717) is 22.7 Å². The molecule has 2 aromatic carbocycles. The Kier molecular flexibility index (Phi) is 9.18. The summed E-state index contributed by atoms with van der Waals surface area (Å²) in [5.74, 6) is 0.547. The molecule has 0 aliphatic heterocycles. The highest BCUT2D eigenvalue weighted by Gasteiger charge is 2.34. The molecule has 0 heterocycles. The molecule has 0 aliphatic rings. The Labute approximate surface area is 200 Å². The van der Waals surface area contributed by atoms with Crippen molar-refractivity contribution in [2.24, 2.45) is 0 Å². The number of rotatable bonds is 8. The Hall–Kier alpha value is -2.26. The SMILES string of the molecule is COc1ccc(OCC(=O)N[C@H](NC(=S)Nc2ccc(C(C)=O)cc2)C(Cl)(Cl)Cl)cc1. The molecule has 0 aliphatic carbocycles. The summed E-state index contributed by atoms with van der Waals surface area (Å²) in [7, 11) is 1.55. The predicted octanol–water partition coefficient (Wildman–Crippen LogP) is 4.08. The van der Waals surface area contributed by atoms with Crippen molar-refractivity contribution in [2.45, 2.75) is 16.9 Å². The summed E-state index contributed by atoms with van der Waals surface area (Å²) in [5.41, 5.74) is 1.17. The number of thiocarbonyl (C=S) groups is 1. The maximum absolute atomic E-state index is 12.3. The number of halogens is 3. The third-order valence-corrected chi connectivity index (χ3v) is 4.76. The highest BCUT2D eigenvalue weighted by atomic mass is 35.6. The van der Waals surface area contributed by atoms with Gasteiger partial charge in [-0.1, -0.05) is 34.8 Å². The predicted molar refractivity (Wildman–Crippen MR) is 127 cm³/mol. The quantitative estimate of drug-likeness (QED) is 0.216. The van der Waals surface area contributed by atoms with Crippen LogP contribution in [0.1, 0.15) is 17.3 Å². The van der Waals surface area contributed by atoms with Gasteiger partial charge in [0.25, 0.3) is 5.91 Å². The largest absolute Gasteiger partial charge is 0.497 e. The number of hydrogen-bond acceptors (Lipinski definition) is 5. The Morgan fingerprint density at radius 3 is 2.10 bits per heavy atom. The first-order valence-corrected chi connectivity index (χ1v) is 10.4. The molecule has 1 amide bonds. The maximum atomic E-state index is 12.3. The van der Waals surface area contributed by atoms with Crippen molar-refractivity contribution < 1.29 is 19.1 Å². The van der Waals surface area contributed by atoms with Crippen LogP contribution in [0.2, 0.25) is 0 Å². The Balaban J connectivity index is 1.92. The average molecular weight is 505 g/mol. The number of anilines is 1. The number of hydrogen-bond donors (Lipinski definition) is 3. The summed E-state index contributed by atoms with van der Waals surface area (Å²) in [5, 5.41) is 8.25. The van der Waals surface area contributed by atoms with Crippen molar-refractivity contribution in [3.63, 3.8) is 0 Å². The highest BCUT2D eigenvalue weighted by molar-refractivity contribution is 7.80. The summed E-state index contributed by atoms with van der Waals surface area (Å²) in [6.45, 7) is 1.17. The van der Waals surface area contributed by atoms with Crippen LogP contribution >= 0.6 is 47.0 Å². The van der Waals surface area contributed by atoms with Crippen LogP contribution in [0.3, 0.4) is 0 Å². The molecule has 3 N–H and O–H groups in total. The van der Waals surface area contributed by atoms with Crippen LogP contribution in [0, 0.1) is 0 Å². The molecule has 0 radical (unpaired) electrons. The van der Waals surface area contributed by atoms with Crippen LogP contribution in [0.15, 0.2) is 48.5 Å². The fourth-order valence-corrected chi connectivity index (χ4v) is 2.87. The van der Waals surface area contributed by atoms with Crippen molar-refractivity contribution in [3.05, 3.63) is 54.1 Å². The molecule has 0 bridgehead atoms. The van der Waals surface area contributed by atoms with Crippen LogP contribution in [0.5, 0.6) is 11.5 Å². The van der Waals surface area contributed by atoms with Gasteiger partial charge in [-0.15, -0.1) is 0 Å². The maximum Gasteiger partial charge on any atom is 0.259 e. The second kappa shape index (κ2) is 11.4. The van der Waals surface area contributed by atoms with Crippen molar-refractivity contribution >= 4 is 69.5 Å². The second-order valence-corrected chi connectivity index (χ2v) is 9.02. The molecule has 1 atom stereocenters. The zero-order chi connectivity index (χ0) is 23.0. The monoisotopic (exact) mass is 503 g/mol. The molecule has 0 aromatic heterocycles. The molecule has 7 nitrogen and oxygen atoms in total. The Morgan fingerprint density at radius 1 is 1.00 bits per heavy atom. The zero-order valence-corrected chi connectivity index (χ0v) is 19.7. The number of methoxy groups -OCH3 is 1. The van der Waals surface area contributed by atoms with Gasteiger partial charge in [0.1, 0.15) is 17.7 Å². The highest BCUT2D eigenvalue weighted by Crippen LogP contribution is 2.29. The number of nitrogens with one attached hydrogen (secondary N) is 3. The minimum absolute atomic E-state index is 0.0527. The average Bonchev–Trinajstić information content (AvgIpc) is 2.72. The molecule has 11 heteroatoms. The van der Waals surface area contributed by atoms with Gasteiger partial charge in [-0.05, 0) is 67.7 Å². The van der Waals surface area contributed by atoms with Crippen LogP contribution in [0.25, 0.3) is 0 Å². The lowest BCUT2D eigenvalue weighted by Crippen LogP contribution is -2.56. The van der Waals surface area contributed by atoms with Crippen molar-refractivity contribution in [1.29, 1.82) is 0 Å².